The lowest BCUT2D eigenvalue weighted by Crippen LogP contribution is -2.31. The number of hydrogen-bond donors (Lipinski definition) is 0. The topological polar surface area (TPSA) is 9.23 Å². The van der Waals surface area contributed by atoms with Gasteiger partial charge in [-0.1, -0.05) is 103 Å². The molecule has 0 radical (unpaired) electrons. The van der Waals surface area contributed by atoms with Crippen molar-refractivity contribution in [2.24, 2.45) is 0 Å². The third-order valence-electron chi connectivity index (χ3n) is 4.04. The molecule has 0 bridgehead atoms. The Bertz CT molecular complexity index is 801. The quantitative estimate of drug-likeness (QED) is 0.563. The maximum atomic E-state index is 6.73. The summed E-state index contributed by atoms with van der Waals surface area (Å²) in [5.74, 6) is 0. The second-order valence-electron chi connectivity index (χ2n) is 6.74. The van der Waals surface area contributed by atoms with Crippen LogP contribution >= 0.6 is 6.26 Å². The molecule has 0 spiro atoms. The average molecular weight is 366 g/mol. The number of hydrogen-bond acceptors (Lipinski definition) is 2. The third-order valence-corrected chi connectivity index (χ3v) is 8.24. The Kier molecular flexibility index (Phi) is 5.54. The van der Waals surface area contributed by atoms with Crippen LogP contribution in [0.25, 0.3) is 0 Å². The summed E-state index contributed by atoms with van der Waals surface area (Å²) < 4.78 is 6.73. The summed E-state index contributed by atoms with van der Waals surface area (Å²) in [6.45, 7) is 4.26. The van der Waals surface area contributed by atoms with Crippen LogP contribution in [0.4, 0.5) is 0 Å². The van der Waals surface area contributed by atoms with Gasteiger partial charge in [-0.3, -0.25) is 0 Å². The van der Waals surface area contributed by atoms with Gasteiger partial charge in [0.2, 0.25) is 0 Å². The van der Waals surface area contributed by atoms with Crippen molar-refractivity contribution in [3.05, 3.63) is 96.6 Å². The standard InChI is InChI=1S/C22H23OPS/c1-22(2,18-19-12-6-3-7-13-19)23-24(25,20-14-8-4-9-15-20)21-16-10-5-11-17-21/h3-17H,18H2,1-2H3. The van der Waals surface area contributed by atoms with E-state index in [1.807, 2.05) is 42.5 Å². The van der Waals surface area contributed by atoms with Crippen LogP contribution in [-0.2, 0) is 22.8 Å². The lowest BCUT2D eigenvalue weighted by atomic mass is 9.99. The molecule has 0 aromatic heterocycles. The fraction of sp³-hybridized carbons (Fsp3) is 0.182. The molecule has 25 heavy (non-hydrogen) atoms. The number of rotatable bonds is 6. The molecule has 0 aliphatic carbocycles. The van der Waals surface area contributed by atoms with Crippen molar-refractivity contribution in [1.82, 2.24) is 0 Å². The van der Waals surface area contributed by atoms with E-state index in [0.717, 1.165) is 17.0 Å². The van der Waals surface area contributed by atoms with E-state index in [2.05, 4.69) is 62.4 Å². The van der Waals surface area contributed by atoms with Gasteiger partial charge in [0.25, 0.3) is 0 Å². The molecule has 0 atom stereocenters. The van der Waals surface area contributed by atoms with Gasteiger partial charge in [0.05, 0.1) is 5.60 Å². The summed E-state index contributed by atoms with van der Waals surface area (Å²) in [7, 11) is 0. The van der Waals surface area contributed by atoms with Crippen LogP contribution < -0.4 is 10.6 Å². The molecule has 1 nitrogen and oxygen atoms in total. The lowest BCUT2D eigenvalue weighted by Gasteiger charge is -2.34. The van der Waals surface area contributed by atoms with Crippen LogP contribution in [0.15, 0.2) is 91.0 Å². The summed E-state index contributed by atoms with van der Waals surface area (Å²) in [6, 6.07) is 31.0. The zero-order valence-electron chi connectivity index (χ0n) is 14.6. The Morgan fingerprint density at radius 2 is 1.12 bits per heavy atom. The van der Waals surface area contributed by atoms with Crippen molar-refractivity contribution in [3.63, 3.8) is 0 Å². The predicted molar refractivity (Wildman–Crippen MR) is 112 cm³/mol. The van der Waals surface area contributed by atoms with E-state index < -0.39 is 6.26 Å². The van der Waals surface area contributed by atoms with Crippen molar-refractivity contribution < 1.29 is 4.52 Å². The summed E-state index contributed by atoms with van der Waals surface area (Å²) >= 11 is 6.19. The van der Waals surface area contributed by atoms with Gasteiger partial charge in [-0.05, 0) is 19.4 Å². The molecule has 3 aromatic carbocycles. The Hall–Kier alpha value is -1.73. The molecular weight excluding hydrogens is 343 g/mol. The SMILES string of the molecule is CC(C)(Cc1ccccc1)OP(=S)(c1ccccc1)c1ccccc1. The van der Waals surface area contributed by atoms with Crippen LogP contribution in [0.2, 0.25) is 0 Å². The highest BCUT2D eigenvalue weighted by atomic mass is 32.4. The van der Waals surface area contributed by atoms with E-state index in [1.165, 1.54) is 5.56 Å². The first-order chi connectivity index (χ1) is 12.0. The van der Waals surface area contributed by atoms with Crippen molar-refractivity contribution >= 4 is 28.7 Å². The maximum Gasteiger partial charge on any atom is 0.124 e. The first-order valence-corrected chi connectivity index (χ1v) is 11.2. The number of benzene rings is 3. The molecule has 0 unspecified atom stereocenters. The van der Waals surface area contributed by atoms with E-state index in [4.69, 9.17) is 16.3 Å². The van der Waals surface area contributed by atoms with Crippen LogP contribution in [0.3, 0.4) is 0 Å². The van der Waals surface area contributed by atoms with E-state index >= 15 is 0 Å². The summed E-state index contributed by atoms with van der Waals surface area (Å²) in [5, 5.41) is 2.19. The summed E-state index contributed by atoms with van der Waals surface area (Å²) in [6.07, 6.45) is -1.52. The minimum Gasteiger partial charge on any atom is -0.336 e. The molecule has 128 valence electrons. The molecule has 3 heteroatoms. The average Bonchev–Trinajstić information content (AvgIpc) is 2.63. The highest BCUT2D eigenvalue weighted by molar-refractivity contribution is 8.19. The minimum atomic E-state index is -2.35. The molecule has 0 amide bonds. The zero-order valence-corrected chi connectivity index (χ0v) is 16.3. The second kappa shape index (κ2) is 7.66. The molecule has 0 fully saturated rings. The molecule has 3 aromatic rings. The van der Waals surface area contributed by atoms with Crippen molar-refractivity contribution in [2.45, 2.75) is 25.9 Å². The van der Waals surface area contributed by atoms with Crippen LogP contribution in [0.1, 0.15) is 19.4 Å². The molecule has 0 N–H and O–H groups in total. The highest BCUT2D eigenvalue weighted by Crippen LogP contribution is 2.49. The Labute approximate surface area is 155 Å². The van der Waals surface area contributed by atoms with Gasteiger partial charge in [0.15, 0.2) is 0 Å². The second-order valence-corrected chi connectivity index (χ2v) is 10.6. The molecule has 3 rings (SSSR count). The first-order valence-electron chi connectivity index (χ1n) is 8.46. The Morgan fingerprint density at radius 3 is 1.56 bits per heavy atom. The molecule has 0 heterocycles. The van der Waals surface area contributed by atoms with Gasteiger partial charge in [-0.2, -0.15) is 0 Å². The normalized spacial score (nSPS) is 12.1. The van der Waals surface area contributed by atoms with E-state index in [-0.39, 0.29) is 5.60 Å². The van der Waals surface area contributed by atoms with Gasteiger partial charge in [-0.25, -0.2) is 0 Å². The first kappa shape index (κ1) is 18.1. The van der Waals surface area contributed by atoms with E-state index in [9.17, 15) is 0 Å². The van der Waals surface area contributed by atoms with Crippen LogP contribution in [0.5, 0.6) is 0 Å². The van der Waals surface area contributed by atoms with Crippen LogP contribution in [-0.4, -0.2) is 5.60 Å². The van der Waals surface area contributed by atoms with Crippen LogP contribution in [0, 0.1) is 0 Å². The van der Waals surface area contributed by atoms with Gasteiger partial charge in [-0.15, -0.1) is 0 Å². The molecule has 0 aliphatic heterocycles. The monoisotopic (exact) mass is 366 g/mol. The highest BCUT2D eigenvalue weighted by Gasteiger charge is 2.31. The smallest absolute Gasteiger partial charge is 0.124 e. The fourth-order valence-corrected chi connectivity index (χ4v) is 6.71. The molecule has 0 aliphatic rings. The van der Waals surface area contributed by atoms with Gasteiger partial charge < -0.3 is 4.52 Å². The largest absolute Gasteiger partial charge is 0.336 e. The van der Waals surface area contributed by atoms with E-state index in [1.54, 1.807) is 0 Å². The molecular formula is C22H23OPS. The Morgan fingerprint density at radius 1 is 0.720 bits per heavy atom. The van der Waals surface area contributed by atoms with Crippen molar-refractivity contribution in [1.29, 1.82) is 0 Å². The third kappa shape index (κ3) is 4.46. The Balaban J connectivity index is 1.97. The predicted octanol–water partition coefficient (Wildman–Crippen LogP) is 5.07. The maximum absolute atomic E-state index is 6.73. The van der Waals surface area contributed by atoms with Gasteiger partial charge >= 0.3 is 0 Å². The van der Waals surface area contributed by atoms with Gasteiger partial charge in [0.1, 0.15) is 6.26 Å². The summed E-state index contributed by atoms with van der Waals surface area (Å²) in [5.41, 5.74) is 0.901. The van der Waals surface area contributed by atoms with E-state index in [0.29, 0.717) is 0 Å². The minimum absolute atomic E-state index is 0.359. The lowest BCUT2D eigenvalue weighted by molar-refractivity contribution is 0.131. The van der Waals surface area contributed by atoms with Gasteiger partial charge in [0, 0.05) is 17.0 Å². The fourth-order valence-electron chi connectivity index (χ4n) is 2.97. The molecule has 0 saturated heterocycles. The molecule has 0 saturated carbocycles. The summed E-state index contributed by atoms with van der Waals surface area (Å²) in [4.78, 5) is 0. The zero-order chi connectivity index (χ0) is 17.8. The van der Waals surface area contributed by atoms with Crippen molar-refractivity contribution in [2.75, 3.05) is 0 Å². The van der Waals surface area contributed by atoms with Crippen molar-refractivity contribution in [3.8, 4) is 0 Å².